The number of cyclic esters (lactones) is 1. The monoisotopic (exact) mass is 556 g/mol. The number of hydrogen-bond donors (Lipinski definition) is 2. The summed E-state index contributed by atoms with van der Waals surface area (Å²) < 4.78 is 5.10. The summed E-state index contributed by atoms with van der Waals surface area (Å²) in [7, 11) is 0. The molecule has 2 atom stereocenters. The number of amides is 3. The van der Waals surface area contributed by atoms with Crippen LogP contribution in [0.5, 0.6) is 0 Å². The van der Waals surface area contributed by atoms with Gasteiger partial charge < -0.3 is 15.4 Å². The summed E-state index contributed by atoms with van der Waals surface area (Å²) in [6.07, 6.45) is 0.753. The summed E-state index contributed by atoms with van der Waals surface area (Å²) >= 11 is 0. The Bertz CT molecular complexity index is 1380. The molecule has 1 fully saturated rings. The second kappa shape index (κ2) is 13.1. The van der Waals surface area contributed by atoms with Crippen LogP contribution in [-0.2, 0) is 41.8 Å². The lowest BCUT2D eigenvalue weighted by Gasteiger charge is -2.30. The van der Waals surface area contributed by atoms with E-state index < -0.39 is 29.9 Å². The van der Waals surface area contributed by atoms with Gasteiger partial charge in [-0.05, 0) is 29.7 Å². The van der Waals surface area contributed by atoms with Gasteiger partial charge in [-0.1, -0.05) is 72.8 Å². The quantitative estimate of drug-likeness (QED) is 0.291. The number of nitrogens with zero attached hydrogens (tertiary/aromatic N) is 2. The molecule has 3 amide bonds. The van der Waals surface area contributed by atoms with Crippen molar-refractivity contribution in [2.75, 3.05) is 29.9 Å². The average Bonchev–Trinajstić information content (AvgIpc) is 3.38. The van der Waals surface area contributed by atoms with Crippen LogP contribution in [0.25, 0.3) is 0 Å². The first-order chi connectivity index (χ1) is 20.0. The van der Waals surface area contributed by atoms with Crippen LogP contribution in [0.2, 0.25) is 0 Å². The van der Waals surface area contributed by atoms with Gasteiger partial charge in [0.05, 0.1) is 17.8 Å². The zero-order valence-electron chi connectivity index (χ0n) is 22.5. The third-order valence-corrected chi connectivity index (χ3v) is 7.00. The number of carbonyl (C=O) groups excluding carboxylic acids is 4. The first-order valence-electron chi connectivity index (χ1n) is 13.6. The number of ether oxygens (including phenoxy) is 1. The molecule has 2 aliphatic rings. The lowest BCUT2D eigenvalue weighted by molar-refractivity contribution is -0.204. The molecule has 3 aromatic rings. The molecule has 0 saturated carbocycles. The first kappa shape index (κ1) is 27.9. The third kappa shape index (κ3) is 7.09. The van der Waals surface area contributed by atoms with Crippen molar-refractivity contribution in [3.05, 3.63) is 96.1 Å². The molecule has 10 heteroatoms. The number of rotatable bonds is 10. The highest BCUT2D eigenvalue weighted by molar-refractivity contribution is 6.06. The molecular formula is C31H32N4O6. The minimum Gasteiger partial charge on any atom is -0.463 e. The molecule has 0 aliphatic carbocycles. The number of hydrogen-bond acceptors (Lipinski definition) is 7. The summed E-state index contributed by atoms with van der Waals surface area (Å²) in [6, 6.07) is 24.6. The highest BCUT2D eigenvalue weighted by Crippen LogP contribution is 2.29. The number of hydroxylamine groups is 2. The summed E-state index contributed by atoms with van der Waals surface area (Å²) in [5.74, 6) is -1.62. The van der Waals surface area contributed by atoms with Gasteiger partial charge in [0.1, 0.15) is 31.8 Å². The van der Waals surface area contributed by atoms with Gasteiger partial charge in [-0.25, -0.2) is 5.06 Å². The Hall–Kier alpha value is -4.70. The van der Waals surface area contributed by atoms with Crippen LogP contribution in [0.15, 0.2) is 84.9 Å². The maximum atomic E-state index is 13.8. The average molecular weight is 557 g/mol. The fourth-order valence-corrected chi connectivity index (χ4v) is 4.86. The van der Waals surface area contributed by atoms with Gasteiger partial charge in [-0.3, -0.25) is 28.9 Å². The predicted octanol–water partition coefficient (Wildman–Crippen LogP) is 2.84. The van der Waals surface area contributed by atoms with Gasteiger partial charge in [0, 0.05) is 13.0 Å². The molecule has 0 spiro atoms. The number of benzene rings is 3. The molecule has 212 valence electrons. The van der Waals surface area contributed by atoms with Crippen molar-refractivity contribution in [3.63, 3.8) is 0 Å². The predicted molar refractivity (Wildman–Crippen MR) is 151 cm³/mol. The molecule has 41 heavy (non-hydrogen) atoms. The molecule has 0 aromatic heterocycles. The normalized spacial score (nSPS) is 18.1. The molecule has 5 rings (SSSR count). The van der Waals surface area contributed by atoms with E-state index in [1.54, 1.807) is 12.1 Å². The topological polar surface area (TPSA) is 117 Å². The Balaban J connectivity index is 1.32. The number of aryl methyl sites for hydroxylation is 1. The second-order valence-corrected chi connectivity index (χ2v) is 9.95. The van der Waals surface area contributed by atoms with E-state index in [9.17, 15) is 19.2 Å². The van der Waals surface area contributed by atoms with Crippen LogP contribution in [0.1, 0.15) is 24.0 Å². The second-order valence-electron chi connectivity index (χ2n) is 9.95. The molecule has 0 radical (unpaired) electrons. The standard InChI is InChI=1S/C31H32N4O6/c36-28(16-15-22-9-3-1-4-10-22)33-26-18-32-25-13-7-8-14-27(25)34(31(26)39)19-29(37)35(24-17-30(38)40-21-24)41-20-23-11-5-2-6-12-23/h1-14,24,26,32H,15-21H2,(H,33,36). The fraction of sp³-hybridized carbons (Fsp3) is 0.290. The van der Waals surface area contributed by atoms with E-state index in [0.29, 0.717) is 17.8 Å². The van der Waals surface area contributed by atoms with Gasteiger partial charge >= 0.3 is 5.97 Å². The van der Waals surface area contributed by atoms with E-state index in [1.807, 2.05) is 72.8 Å². The van der Waals surface area contributed by atoms with Gasteiger partial charge in [0.25, 0.3) is 11.8 Å². The number of carbonyl (C=O) groups is 4. The Morgan fingerprint density at radius 2 is 1.63 bits per heavy atom. The largest absolute Gasteiger partial charge is 0.463 e. The summed E-state index contributed by atoms with van der Waals surface area (Å²) in [5.41, 5.74) is 3.03. The minimum absolute atomic E-state index is 0.00550. The molecule has 10 nitrogen and oxygen atoms in total. The van der Waals surface area contributed by atoms with Crippen LogP contribution >= 0.6 is 0 Å². The van der Waals surface area contributed by atoms with Crippen molar-refractivity contribution in [1.82, 2.24) is 10.4 Å². The Morgan fingerprint density at radius 1 is 0.951 bits per heavy atom. The molecule has 1 saturated heterocycles. The van der Waals surface area contributed by atoms with E-state index in [-0.39, 0.29) is 45.1 Å². The van der Waals surface area contributed by atoms with E-state index in [4.69, 9.17) is 9.57 Å². The van der Waals surface area contributed by atoms with E-state index in [1.165, 1.54) is 4.90 Å². The van der Waals surface area contributed by atoms with E-state index in [0.717, 1.165) is 16.2 Å². The molecule has 3 aromatic carbocycles. The highest BCUT2D eigenvalue weighted by atomic mass is 16.7. The van der Waals surface area contributed by atoms with Crippen molar-refractivity contribution >= 4 is 35.1 Å². The molecule has 2 heterocycles. The number of para-hydroxylation sites is 2. The first-order valence-corrected chi connectivity index (χ1v) is 13.6. The van der Waals surface area contributed by atoms with Crippen LogP contribution < -0.4 is 15.5 Å². The SMILES string of the molecule is O=C(CCc1ccccc1)NC1CNc2ccccc2N(CC(=O)N(OCc2ccccc2)C2COC(=O)C2)C1=O. The van der Waals surface area contributed by atoms with Gasteiger partial charge in [-0.2, -0.15) is 0 Å². The molecule has 2 aliphatic heterocycles. The number of esters is 1. The zero-order chi connectivity index (χ0) is 28.6. The maximum absolute atomic E-state index is 13.8. The van der Waals surface area contributed by atoms with Crippen LogP contribution in [0.4, 0.5) is 11.4 Å². The smallest absolute Gasteiger partial charge is 0.308 e. The van der Waals surface area contributed by atoms with Crippen molar-refractivity contribution in [3.8, 4) is 0 Å². The van der Waals surface area contributed by atoms with Crippen LogP contribution in [-0.4, -0.2) is 60.5 Å². The van der Waals surface area contributed by atoms with Gasteiger partial charge in [-0.15, -0.1) is 0 Å². The number of anilines is 2. The van der Waals surface area contributed by atoms with Crippen LogP contribution in [0.3, 0.4) is 0 Å². The van der Waals surface area contributed by atoms with E-state index in [2.05, 4.69) is 10.6 Å². The molecule has 2 N–H and O–H groups in total. The van der Waals surface area contributed by atoms with Crippen LogP contribution in [0, 0.1) is 0 Å². The van der Waals surface area contributed by atoms with Gasteiger partial charge in [0.2, 0.25) is 5.91 Å². The lowest BCUT2D eigenvalue weighted by atomic mass is 10.1. The maximum Gasteiger partial charge on any atom is 0.308 e. The Kier molecular flexibility index (Phi) is 8.90. The van der Waals surface area contributed by atoms with Crippen molar-refractivity contribution in [1.29, 1.82) is 0 Å². The van der Waals surface area contributed by atoms with Crippen molar-refractivity contribution in [2.45, 2.75) is 38.0 Å². The molecular weight excluding hydrogens is 524 g/mol. The summed E-state index contributed by atoms with van der Waals surface area (Å²) in [6.45, 7) is -0.0841. The Labute approximate surface area is 238 Å². The third-order valence-electron chi connectivity index (χ3n) is 7.00. The summed E-state index contributed by atoms with van der Waals surface area (Å²) in [4.78, 5) is 59.5. The van der Waals surface area contributed by atoms with Crippen molar-refractivity contribution in [2.24, 2.45) is 0 Å². The summed E-state index contributed by atoms with van der Waals surface area (Å²) in [5, 5.41) is 7.22. The lowest BCUT2D eigenvalue weighted by Crippen LogP contribution is -2.54. The Morgan fingerprint density at radius 3 is 2.34 bits per heavy atom. The highest BCUT2D eigenvalue weighted by Gasteiger charge is 2.37. The van der Waals surface area contributed by atoms with Gasteiger partial charge in [0.15, 0.2) is 0 Å². The number of nitrogens with one attached hydrogen (secondary N) is 2. The zero-order valence-corrected chi connectivity index (χ0v) is 22.5. The number of fused-ring (bicyclic) bond motifs is 1. The molecule has 0 bridgehead atoms. The minimum atomic E-state index is -0.895. The molecule has 2 unspecified atom stereocenters. The van der Waals surface area contributed by atoms with E-state index >= 15 is 0 Å². The fourth-order valence-electron chi connectivity index (χ4n) is 4.86. The van der Waals surface area contributed by atoms with Crippen molar-refractivity contribution < 1.29 is 28.8 Å².